The minimum absolute atomic E-state index is 0.0188. The van der Waals surface area contributed by atoms with Gasteiger partial charge in [-0.05, 0) is 18.6 Å². The number of hydrazine groups is 1. The number of benzene rings is 1. The van der Waals surface area contributed by atoms with Gasteiger partial charge < -0.3 is 11.5 Å². The first kappa shape index (κ1) is 25.4. The maximum Gasteiger partial charge on any atom is 0.253 e. The van der Waals surface area contributed by atoms with Crippen molar-refractivity contribution in [3.05, 3.63) is 29.3 Å². The van der Waals surface area contributed by atoms with Gasteiger partial charge in [-0.15, -0.1) is 5.10 Å². The molecular weight excluding hydrogens is 324 g/mol. The van der Waals surface area contributed by atoms with E-state index in [-0.39, 0.29) is 18.8 Å². The van der Waals surface area contributed by atoms with Crippen LogP contribution >= 0.6 is 0 Å². The second kappa shape index (κ2) is 12.5. The van der Waals surface area contributed by atoms with Crippen molar-refractivity contribution >= 4 is 11.5 Å². The molecule has 1 aromatic carbocycles. The van der Waals surface area contributed by atoms with Crippen LogP contribution in [0.3, 0.4) is 0 Å². The van der Waals surface area contributed by atoms with Crippen molar-refractivity contribution in [2.75, 3.05) is 12.3 Å². The summed E-state index contributed by atoms with van der Waals surface area (Å²) in [4.78, 5) is 0. The first-order valence-corrected chi connectivity index (χ1v) is 8.90. The van der Waals surface area contributed by atoms with Crippen molar-refractivity contribution in [2.45, 2.75) is 60.8 Å². The van der Waals surface area contributed by atoms with Crippen LogP contribution in [0.15, 0.2) is 23.3 Å². The predicted molar refractivity (Wildman–Crippen MR) is 104 cm³/mol. The minimum Gasteiger partial charge on any atom is -0.398 e. The normalized spacial score (nSPS) is 16.9. The van der Waals surface area contributed by atoms with Crippen molar-refractivity contribution in [1.82, 2.24) is 5.12 Å². The predicted octanol–water partition coefficient (Wildman–Crippen LogP) is 4.11. The van der Waals surface area contributed by atoms with Gasteiger partial charge in [-0.2, -0.15) is 0 Å². The summed E-state index contributed by atoms with van der Waals surface area (Å²) in [5.74, 6) is 2.34. The van der Waals surface area contributed by atoms with E-state index in [4.69, 9.17) is 17.3 Å². The lowest BCUT2D eigenvalue weighted by Crippen LogP contribution is -2.32. The molecule has 0 aromatic heterocycles. The highest BCUT2D eigenvalue weighted by Gasteiger charge is 2.57. The molecule has 0 aliphatic heterocycles. The van der Waals surface area contributed by atoms with Crippen LogP contribution in [0.1, 0.15) is 59.1 Å². The molecule has 0 saturated heterocycles. The Labute approximate surface area is 151 Å². The summed E-state index contributed by atoms with van der Waals surface area (Å²) in [6.07, 6.45) is -0.145. The van der Waals surface area contributed by atoms with Gasteiger partial charge in [0.05, 0.1) is 6.54 Å². The quantitative estimate of drug-likeness (QED) is 0.248. The number of nitrogens with two attached hydrogens (primary N) is 3. The summed E-state index contributed by atoms with van der Waals surface area (Å²) in [5.41, 5.74) is 13.7. The van der Waals surface area contributed by atoms with Gasteiger partial charge in [0.2, 0.25) is 0 Å². The zero-order valence-corrected chi connectivity index (χ0v) is 16.6. The number of hydrogen-bond donors (Lipinski definition) is 3. The molecule has 1 aliphatic carbocycles. The average molecular weight is 360 g/mol. The molecule has 6 N–H and O–H groups in total. The molecule has 0 heterocycles. The van der Waals surface area contributed by atoms with E-state index in [2.05, 4.69) is 5.10 Å². The average Bonchev–Trinajstić information content (AvgIpc) is 3.21. The molecular formula is C18H35F2N5. The highest BCUT2D eigenvalue weighted by atomic mass is 19.3. The number of alkyl halides is 2. The van der Waals surface area contributed by atoms with Crippen LogP contribution in [-0.2, 0) is 0 Å². The molecule has 0 spiro atoms. The summed E-state index contributed by atoms with van der Waals surface area (Å²) < 4.78 is 25.5. The summed E-state index contributed by atoms with van der Waals surface area (Å²) in [5, 5.41) is 4.84. The Morgan fingerprint density at radius 2 is 1.68 bits per heavy atom. The van der Waals surface area contributed by atoms with Crippen LogP contribution in [0, 0.1) is 12.8 Å². The van der Waals surface area contributed by atoms with Gasteiger partial charge >= 0.3 is 0 Å². The molecule has 7 heteroatoms. The number of rotatable bonds is 4. The lowest BCUT2D eigenvalue weighted by Gasteiger charge is -2.13. The number of nitrogen functional groups attached to an aromatic ring is 1. The van der Waals surface area contributed by atoms with E-state index in [0.29, 0.717) is 11.3 Å². The van der Waals surface area contributed by atoms with Gasteiger partial charge in [-0.25, -0.2) is 19.7 Å². The first-order chi connectivity index (χ1) is 11.8. The van der Waals surface area contributed by atoms with Gasteiger partial charge in [0.15, 0.2) is 5.84 Å². The molecule has 1 saturated carbocycles. The number of hydrazone groups is 1. The fourth-order valence-electron chi connectivity index (χ4n) is 1.73. The lowest BCUT2D eigenvalue weighted by atomic mass is 10.1. The Morgan fingerprint density at radius 1 is 1.20 bits per heavy atom. The number of hydrogen-bond acceptors (Lipinski definition) is 4. The third kappa shape index (κ3) is 8.67. The van der Waals surface area contributed by atoms with Crippen LogP contribution in [0.5, 0.6) is 0 Å². The van der Waals surface area contributed by atoms with Crippen LogP contribution in [-0.4, -0.2) is 23.4 Å². The summed E-state index contributed by atoms with van der Waals surface area (Å²) in [7, 11) is 0. The van der Waals surface area contributed by atoms with Crippen molar-refractivity contribution in [3.8, 4) is 0 Å². The maximum atomic E-state index is 12.7. The number of aryl methyl sites for hydroxylation is 1. The Kier molecular flexibility index (Phi) is 12.6. The smallest absolute Gasteiger partial charge is 0.253 e. The van der Waals surface area contributed by atoms with Gasteiger partial charge in [0, 0.05) is 23.6 Å². The van der Waals surface area contributed by atoms with Crippen LogP contribution in [0.25, 0.3) is 0 Å². The highest BCUT2D eigenvalue weighted by Crippen LogP contribution is 2.48. The van der Waals surface area contributed by atoms with Crippen molar-refractivity contribution in [3.63, 3.8) is 0 Å². The number of anilines is 1. The number of amidine groups is 1. The van der Waals surface area contributed by atoms with Crippen molar-refractivity contribution in [1.29, 1.82) is 0 Å². The van der Waals surface area contributed by atoms with Gasteiger partial charge in [0.1, 0.15) is 0 Å². The Balaban J connectivity index is 0. The molecule has 1 aromatic rings. The first-order valence-electron chi connectivity index (χ1n) is 8.90. The molecule has 5 nitrogen and oxygen atoms in total. The molecule has 1 aliphatic rings. The number of halogens is 2. The molecule has 146 valence electrons. The number of nitrogens with zero attached hydrogens (tertiary/aromatic N) is 2. The molecule has 0 amide bonds. The molecule has 1 unspecified atom stereocenters. The molecule has 2 rings (SSSR count). The second-order valence-corrected chi connectivity index (χ2v) is 4.84. The zero-order valence-electron chi connectivity index (χ0n) is 16.6. The Morgan fingerprint density at radius 3 is 2.08 bits per heavy atom. The van der Waals surface area contributed by atoms with Crippen LogP contribution in [0.2, 0.25) is 0 Å². The van der Waals surface area contributed by atoms with E-state index >= 15 is 0 Å². The van der Waals surface area contributed by atoms with Crippen LogP contribution in [0.4, 0.5) is 14.5 Å². The Hall–Kier alpha value is -1.89. The lowest BCUT2D eigenvalue weighted by molar-refractivity contribution is 0.0875. The van der Waals surface area contributed by atoms with E-state index in [1.54, 1.807) is 12.1 Å². The second-order valence-electron chi connectivity index (χ2n) is 4.84. The summed E-state index contributed by atoms with van der Waals surface area (Å²) in [6.45, 7) is 13.9. The van der Waals surface area contributed by atoms with E-state index in [0.717, 1.165) is 10.7 Å². The third-order valence-electron chi connectivity index (χ3n) is 3.17. The standard InChI is InChI=1S/C12H17F2N5.3C2H6/c1-7-2-3-8(4-10(7)15)11(16)18-19(17)6-9-5-12(9,13)14;3*1-2/h2-4,9H,5-6,15,17H2,1H3,(H2,16,18);3*1-2H3. The van der Waals surface area contributed by atoms with Gasteiger partial charge in [-0.3, -0.25) is 0 Å². The molecule has 1 fully saturated rings. The zero-order chi connectivity index (χ0) is 20.2. The van der Waals surface area contributed by atoms with Gasteiger partial charge in [0.25, 0.3) is 5.92 Å². The minimum atomic E-state index is -2.61. The van der Waals surface area contributed by atoms with E-state index in [9.17, 15) is 8.78 Å². The van der Waals surface area contributed by atoms with Crippen LogP contribution < -0.4 is 17.3 Å². The fraction of sp³-hybridized carbons (Fsp3) is 0.611. The molecule has 1 atom stereocenters. The monoisotopic (exact) mass is 359 g/mol. The summed E-state index contributed by atoms with van der Waals surface area (Å²) >= 11 is 0. The topological polar surface area (TPSA) is 93.7 Å². The maximum absolute atomic E-state index is 12.7. The van der Waals surface area contributed by atoms with E-state index < -0.39 is 11.8 Å². The summed E-state index contributed by atoms with van der Waals surface area (Å²) in [6, 6.07) is 5.24. The molecule has 25 heavy (non-hydrogen) atoms. The largest absolute Gasteiger partial charge is 0.398 e. The Bertz CT molecular complexity index is 518. The third-order valence-corrected chi connectivity index (χ3v) is 3.17. The van der Waals surface area contributed by atoms with Gasteiger partial charge in [-0.1, -0.05) is 53.7 Å². The van der Waals surface area contributed by atoms with Crippen molar-refractivity contribution < 1.29 is 8.78 Å². The van der Waals surface area contributed by atoms with Crippen molar-refractivity contribution in [2.24, 2.45) is 22.6 Å². The van der Waals surface area contributed by atoms with E-state index in [1.165, 1.54) is 0 Å². The SMILES string of the molecule is CC.CC.CC.Cc1ccc(/C(N)=N/N(N)CC2CC2(F)F)cc1N. The molecule has 0 radical (unpaired) electrons. The fourth-order valence-corrected chi connectivity index (χ4v) is 1.73. The highest BCUT2D eigenvalue weighted by molar-refractivity contribution is 5.98. The molecule has 0 bridgehead atoms. The van der Waals surface area contributed by atoms with E-state index in [1.807, 2.05) is 54.5 Å².